The van der Waals surface area contributed by atoms with Crippen molar-refractivity contribution in [2.75, 3.05) is 0 Å². The fourth-order valence-electron chi connectivity index (χ4n) is 8.57. The van der Waals surface area contributed by atoms with E-state index in [0.717, 1.165) is 54.5 Å². The van der Waals surface area contributed by atoms with Crippen LogP contribution >= 0.6 is 11.3 Å². The Hall–Kier alpha value is -7.47. The molecular formula is C53H31N3OS. The lowest BCUT2D eigenvalue weighted by Gasteiger charge is -2.09. The molecular weight excluding hydrogens is 727 g/mol. The maximum Gasteiger partial charge on any atom is 0.167 e. The third-order valence-corrected chi connectivity index (χ3v) is 12.6. The minimum Gasteiger partial charge on any atom is -0.455 e. The summed E-state index contributed by atoms with van der Waals surface area (Å²) in [7, 11) is 0. The number of hydrogen-bond donors (Lipinski definition) is 0. The first-order valence-corrected chi connectivity index (χ1v) is 20.2. The summed E-state index contributed by atoms with van der Waals surface area (Å²) in [5.41, 5.74) is 8.88. The van der Waals surface area contributed by atoms with E-state index in [-0.39, 0.29) is 0 Å². The predicted octanol–water partition coefficient (Wildman–Crippen LogP) is 14.8. The Morgan fingerprint density at radius 2 is 0.810 bits per heavy atom. The highest BCUT2D eigenvalue weighted by Crippen LogP contribution is 2.45. The van der Waals surface area contributed by atoms with E-state index in [9.17, 15) is 0 Å². The average Bonchev–Trinajstić information content (AvgIpc) is 3.88. The number of furan rings is 1. The highest BCUT2D eigenvalue weighted by Gasteiger charge is 2.21. The Balaban J connectivity index is 1.06. The standard InChI is InChI=1S/C53H31N3OS/c1-3-13-32(14-4-1)39-20-10-23-42-43-24-12-26-45(50(43)58-49(39)42)53-55-51(35-16-5-2-6-17-35)54-52(56-53)44-25-11-22-41-40-21-9-19-38(47(40)57-48(41)44)36-30-29-34-28-27-33-15-7-8-18-37(33)46(34)31-36/h1-31H. The van der Waals surface area contributed by atoms with Crippen LogP contribution in [-0.4, -0.2) is 15.0 Å². The molecule has 5 heteroatoms. The van der Waals surface area contributed by atoms with E-state index in [2.05, 4.69) is 170 Å². The Bertz CT molecular complexity index is 3570. The molecule has 4 nitrogen and oxygen atoms in total. The fraction of sp³-hybridized carbons (Fsp3) is 0. The Morgan fingerprint density at radius 1 is 0.310 bits per heavy atom. The smallest absolute Gasteiger partial charge is 0.167 e. The second-order valence-electron chi connectivity index (χ2n) is 14.7. The summed E-state index contributed by atoms with van der Waals surface area (Å²) >= 11 is 1.80. The summed E-state index contributed by atoms with van der Waals surface area (Å²) in [6, 6.07) is 66.1. The van der Waals surface area contributed by atoms with Crippen molar-refractivity contribution in [3.05, 3.63) is 188 Å². The van der Waals surface area contributed by atoms with Gasteiger partial charge in [0.05, 0.1) is 5.56 Å². The summed E-state index contributed by atoms with van der Waals surface area (Å²) in [6.45, 7) is 0. The van der Waals surface area contributed by atoms with Gasteiger partial charge < -0.3 is 4.42 Å². The van der Waals surface area contributed by atoms with Gasteiger partial charge in [0.2, 0.25) is 0 Å². The van der Waals surface area contributed by atoms with Crippen molar-refractivity contribution in [1.29, 1.82) is 0 Å². The van der Waals surface area contributed by atoms with E-state index in [1.165, 1.54) is 48.1 Å². The molecule has 0 fully saturated rings. The van der Waals surface area contributed by atoms with Gasteiger partial charge in [-0.1, -0.05) is 170 Å². The highest BCUT2D eigenvalue weighted by molar-refractivity contribution is 7.26. The molecule has 0 N–H and O–H groups in total. The molecule has 0 saturated heterocycles. The average molecular weight is 758 g/mol. The maximum atomic E-state index is 6.98. The molecule has 0 aliphatic rings. The van der Waals surface area contributed by atoms with Gasteiger partial charge in [0.25, 0.3) is 0 Å². The molecule has 58 heavy (non-hydrogen) atoms. The van der Waals surface area contributed by atoms with Gasteiger partial charge in [-0.2, -0.15) is 0 Å². The van der Waals surface area contributed by atoms with Gasteiger partial charge in [0, 0.05) is 47.6 Å². The van der Waals surface area contributed by atoms with Crippen LogP contribution in [0.25, 0.3) is 120 Å². The lowest BCUT2D eigenvalue weighted by Crippen LogP contribution is -2.00. The zero-order chi connectivity index (χ0) is 38.2. The van der Waals surface area contributed by atoms with E-state index in [1.807, 2.05) is 18.2 Å². The summed E-state index contributed by atoms with van der Waals surface area (Å²) < 4.78 is 9.37. The molecule has 0 atom stereocenters. The molecule has 0 radical (unpaired) electrons. The van der Waals surface area contributed by atoms with Crippen molar-refractivity contribution in [1.82, 2.24) is 15.0 Å². The summed E-state index contributed by atoms with van der Waals surface area (Å²) in [5, 5.41) is 9.38. The van der Waals surface area contributed by atoms with Crippen molar-refractivity contribution in [3.63, 3.8) is 0 Å². The van der Waals surface area contributed by atoms with Gasteiger partial charge in [-0.3, -0.25) is 0 Å². The number of para-hydroxylation sites is 2. The Kier molecular flexibility index (Phi) is 7.37. The zero-order valence-electron chi connectivity index (χ0n) is 31.1. The largest absolute Gasteiger partial charge is 0.455 e. The Morgan fingerprint density at radius 3 is 1.55 bits per heavy atom. The number of aromatic nitrogens is 3. The van der Waals surface area contributed by atoms with Gasteiger partial charge in [0.1, 0.15) is 11.2 Å². The van der Waals surface area contributed by atoms with Crippen molar-refractivity contribution >= 4 is 75.0 Å². The van der Waals surface area contributed by atoms with Gasteiger partial charge in [-0.15, -0.1) is 11.3 Å². The normalized spacial score (nSPS) is 11.8. The van der Waals surface area contributed by atoms with Crippen LogP contribution in [0.15, 0.2) is 192 Å². The number of rotatable bonds is 5. The van der Waals surface area contributed by atoms with Crippen molar-refractivity contribution in [2.24, 2.45) is 0 Å². The van der Waals surface area contributed by atoms with Crippen LogP contribution in [0.4, 0.5) is 0 Å². The number of nitrogens with zero attached hydrogens (tertiary/aromatic N) is 3. The molecule has 0 saturated carbocycles. The van der Waals surface area contributed by atoms with Gasteiger partial charge in [0.15, 0.2) is 17.5 Å². The third kappa shape index (κ3) is 5.18. The molecule has 0 aliphatic carbocycles. The van der Waals surface area contributed by atoms with E-state index in [0.29, 0.717) is 17.5 Å². The predicted molar refractivity (Wildman–Crippen MR) is 242 cm³/mol. The molecule has 0 amide bonds. The molecule has 0 aliphatic heterocycles. The number of fused-ring (bicyclic) bond motifs is 9. The summed E-state index contributed by atoms with van der Waals surface area (Å²) in [5.74, 6) is 1.80. The van der Waals surface area contributed by atoms with Crippen LogP contribution in [0, 0.1) is 0 Å². The summed E-state index contributed by atoms with van der Waals surface area (Å²) in [6.07, 6.45) is 0. The molecule has 3 aromatic heterocycles. The molecule has 270 valence electrons. The number of benzene rings is 9. The van der Waals surface area contributed by atoms with E-state index in [4.69, 9.17) is 19.4 Å². The van der Waals surface area contributed by atoms with E-state index in [1.54, 1.807) is 11.3 Å². The first-order valence-electron chi connectivity index (χ1n) is 19.4. The lowest BCUT2D eigenvalue weighted by molar-refractivity contribution is 0.670. The van der Waals surface area contributed by atoms with Crippen LogP contribution < -0.4 is 0 Å². The van der Waals surface area contributed by atoms with Crippen LogP contribution in [0.3, 0.4) is 0 Å². The molecule has 3 heterocycles. The lowest BCUT2D eigenvalue weighted by atomic mass is 9.96. The Labute approximate surface area is 337 Å². The van der Waals surface area contributed by atoms with Crippen LogP contribution in [0.5, 0.6) is 0 Å². The van der Waals surface area contributed by atoms with Crippen molar-refractivity contribution in [3.8, 4) is 56.4 Å². The maximum absolute atomic E-state index is 6.98. The minimum absolute atomic E-state index is 0.565. The molecule has 0 spiro atoms. The monoisotopic (exact) mass is 757 g/mol. The minimum atomic E-state index is 0.565. The van der Waals surface area contributed by atoms with Crippen LogP contribution in [0.2, 0.25) is 0 Å². The van der Waals surface area contributed by atoms with Gasteiger partial charge >= 0.3 is 0 Å². The SMILES string of the molecule is c1ccc(-c2nc(-c3cccc4c3oc3c(-c5ccc6ccc7ccccc7c6c5)cccc34)nc(-c3cccc4c3sc3c(-c5ccccc5)cccc34)n2)cc1. The topological polar surface area (TPSA) is 51.8 Å². The zero-order valence-corrected chi connectivity index (χ0v) is 31.9. The van der Waals surface area contributed by atoms with Crippen LogP contribution in [-0.2, 0) is 0 Å². The molecule has 0 bridgehead atoms. The number of hydrogen-bond acceptors (Lipinski definition) is 5. The first kappa shape index (κ1) is 32.7. The quantitative estimate of drug-likeness (QED) is 0.164. The molecule has 12 rings (SSSR count). The van der Waals surface area contributed by atoms with E-state index >= 15 is 0 Å². The molecule has 12 aromatic rings. The van der Waals surface area contributed by atoms with Crippen molar-refractivity contribution in [2.45, 2.75) is 0 Å². The van der Waals surface area contributed by atoms with Crippen molar-refractivity contribution < 1.29 is 4.42 Å². The molecule has 0 unspecified atom stereocenters. The second-order valence-corrected chi connectivity index (χ2v) is 15.7. The molecule has 9 aromatic carbocycles. The summed E-state index contributed by atoms with van der Waals surface area (Å²) in [4.78, 5) is 15.6. The van der Waals surface area contributed by atoms with Gasteiger partial charge in [-0.25, -0.2) is 15.0 Å². The third-order valence-electron chi connectivity index (χ3n) is 11.3. The second kappa shape index (κ2) is 13.1. The highest BCUT2D eigenvalue weighted by atomic mass is 32.1. The van der Waals surface area contributed by atoms with Gasteiger partial charge in [-0.05, 0) is 56.4 Å². The fourth-order valence-corrected chi connectivity index (χ4v) is 9.91. The first-order chi connectivity index (χ1) is 28.7. The van der Waals surface area contributed by atoms with Crippen LogP contribution in [0.1, 0.15) is 0 Å². The van der Waals surface area contributed by atoms with E-state index < -0.39 is 0 Å². The number of thiophene rings is 1.